The number of hydrogen-bond donors (Lipinski definition) is 0. The van der Waals surface area contributed by atoms with Crippen LogP contribution in [0.3, 0.4) is 0 Å². The van der Waals surface area contributed by atoms with Crippen molar-refractivity contribution in [1.82, 2.24) is 14.9 Å². The van der Waals surface area contributed by atoms with E-state index >= 15 is 0 Å². The minimum Gasteiger partial charge on any atom is -0.339 e. The molecule has 1 amide bonds. The quantitative estimate of drug-likeness (QED) is 0.573. The Morgan fingerprint density at radius 3 is 2.52 bits per heavy atom. The Bertz CT molecular complexity index is 1160. The largest absolute Gasteiger partial charge is 0.339 e. The van der Waals surface area contributed by atoms with E-state index in [2.05, 4.69) is 16.7 Å². The van der Waals surface area contributed by atoms with Gasteiger partial charge in [-0.05, 0) is 44.2 Å². The molecule has 0 unspecified atom stereocenters. The number of allylic oxidation sites excluding steroid dienone is 1. The molecule has 0 bridgehead atoms. The van der Waals surface area contributed by atoms with Gasteiger partial charge in [-0.15, -0.1) is 0 Å². The molecule has 0 N–H and O–H groups in total. The molecule has 1 aromatic heterocycles. The van der Waals surface area contributed by atoms with Crippen LogP contribution < -0.4 is 0 Å². The fourth-order valence-corrected chi connectivity index (χ4v) is 3.86. The van der Waals surface area contributed by atoms with Crippen LogP contribution in [0.15, 0.2) is 64.7 Å². The van der Waals surface area contributed by atoms with Crippen molar-refractivity contribution in [1.29, 1.82) is 0 Å². The molecule has 31 heavy (non-hydrogen) atoms. The zero-order valence-corrected chi connectivity index (χ0v) is 17.7. The number of carbonyl (C=O) groups is 1. The summed E-state index contributed by atoms with van der Waals surface area (Å²) in [5, 5.41) is 0. The van der Waals surface area contributed by atoms with Crippen LogP contribution in [0.5, 0.6) is 0 Å². The SMILES string of the molecule is C=N/C=C(\C=NC)c1nc2cc(C(=O)N3CCCCC3)ccc2nc1-c1ccccc1. The van der Waals surface area contributed by atoms with Gasteiger partial charge in [0.25, 0.3) is 5.91 Å². The van der Waals surface area contributed by atoms with Gasteiger partial charge in [0.05, 0.1) is 16.7 Å². The van der Waals surface area contributed by atoms with Crippen molar-refractivity contribution in [2.45, 2.75) is 19.3 Å². The van der Waals surface area contributed by atoms with E-state index in [1.807, 2.05) is 53.4 Å². The summed E-state index contributed by atoms with van der Waals surface area (Å²) < 4.78 is 0. The number of rotatable bonds is 5. The summed E-state index contributed by atoms with van der Waals surface area (Å²) in [6, 6.07) is 15.4. The van der Waals surface area contributed by atoms with Gasteiger partial charge in [0.2, 0.25) is 0 Å². The predicted octanol–water partition coefficient (Wildman–Crippen LogP) is 4.67. The summed E-state index contributed by atoms with van der Waals surface area (Å²) in [6.45, 7) is 5.20. The molecule has 1 aliphatic heterocycles. The number of hydrogen-bond acceptors (Lipinski definition) is 5. The summed E-state index contributed by atoms with van der Waals surface area (Å²) in [5.74, 6) is 0.0516. The summed E-state index contributed by atoms with van der Waals surface area (Å²) in [7, 11) is 1.70. The number of fused-ring (bicyclic) bond motifs is 1. The zero-order chi connectivity index (χ0) is 21.6. The fourth-order valence-electron chi connectivity index (χ4n) is 3.86. The second-order valence-corrected chi connectivity index (χ2v) is 7.50. The first-order valence-electron chi connectivity index (χ1n) is 10.5. The van der Waals surface area contributed by atoms with Crippen molar-refractivity contribution < 1.29 is 4.79 Å². The van der Waals surface area contributed by atoms with E-state index < -0.39 is 0 Å². The van der Waals surface area contributed by atoms with Gasteiger partial charge < -0.3 is 4.90 Å². The lowest BCUT2D eigenvalue weighted by Gasteiger charge is -2.26. The minimum absolute atomic E-state index is 0.0516. The van der Waals surface area contributed by atoms with Crippen molar-refractivity contribution in [2.75, 3.05) is 20.1 Å². The van der Waals surface area contributed by atoms with Gasteiger partial charge in [-0.25, -0.2) is 9.97 Å². The summed E-state index contributed by atoms with van der Waals surface area (Å²) in [5.41, 5.74) is 5.07. The topological polar surface area (TPSA) is 70.8 Å². The van der Waals surface area contributed by atoms with Crippen molar-refractivity contribution >= 4 is 35.4 Å². The maximum absolute atomic E-state index is 13.0. The number of piperidine rings is 1. The van der Waals surface area contributed by atoms with E-state index in [0.717, 1.165) is 42.7 Å². The maximum atomic E-state index is 13.0. The number of likely N-dealkylation sites (tertiary alicyclic amines) is 1. The number of nitrogens with zero attached hydrogens (tertiary/aromatic N) is 5. The molecule has 6 nitrogen and oxygen atoms in total. The van der Waals surface area contributed by atoms with Crippen LogP contribution in [0.2, 0.25) is 0 Å². The lowest BCUT2D eigenvalue weighted by molar-refractivity contribution is 0.0724. The highest BCUT2D eigenvalue weighted by Gasteiger charge is 2.20. The lowest BCUT2D eigenvalue weighted by atomic mass is 10.0. The van der Waals surface area contributed by atoms with Gasteiger partial charge >= 0.3 is 0 Å². The molecule has 0 spiro atoms. The summed E-state index contributed by atoms with van der Waals surface area (Å²) in [6.07, 6.45) is 6.62. The molecule has 2 heterocycles. The third-order valence-electron chi connectivity index (χ3n) is 5.37. The molecule has 6 heteroatoms. The number of carbonyl (C=O) groups excluding carboxylic acids is 1. The molecular weight excluding hydrogens is 386 g/mol. The van der Waals surface area contributed by atoms with Crippen molar-refractivity contribution in [3.05, 3.63) is 66.0 Å². The van der Waals surface area contributed by atoms with Gasteiger partial charge in [-0.3, -0.25) is 14.8 Å². The number of aromatic nitrogens is 2. The van der Waals surface area contributed by atoms with Crippen molar-refractivity contribution in [3.63, 3.8) is 0 Å². The molecule has 0 aliphatic carbocycles. The van der Waals surface area contributed by atoms with E-state index in [-0.39, 0.29) is 5.91 Å². The van der Waals surface area contributed by atoms with Crippen molar-refractivity contribution in [3.8, 4) is 11.3 Å². The zero-order valence-electron chi connectivity index (χ0n) is 17.7. The molecule has 3 aromatic rings. The fraction of sp³-hybridized carbons (Fsp3) is 0.240. The maximum Gasteiger partial charge on any atom is 0.253 e. The Labute approximate surface area is 182 Å². The van der Waals surface area contributed by atoms with E-state index in [0.29, 0.717) is 22.3 Å². The van der Waals surface area contributed by atoms with Gasteiger partial charge in [0, 0.05) is 49.3 Å². The monoisotopic (exact) mass is 411 g/mol. The molecule has 0 radical (unpaired) electrons. The van der Waals surface area contributed by atoms with Crippen LogP contribution in [0.4, 0.5) is 0 Å². The Morgan fingerprint density at radius 2 is 1.81 bits per heavy atom. The number of benzene rings is 2. The smallest absolute Gasteiger partial charge is 0.253 e. The van der Waals surface area contributed by atoms with E-state index in [9.17, 15) is 4.79 Å². The molecule has 1 saturated heterocycles. The lowest BCUT2D eigenvalue weighted by Crippen LogP contribution is -2.35. The van der Waals surface area contributed by atoms with Crippen LogP contribution in [-0.4, -0.2) is 53.8 Å². The average molecular weight is 412 g/mol. The normalized spacial score (nSPS) is 14.9. The third kappa shape index (κ3) is 4.43. The van der Waals surface area contributed by atoms with Gasteiger partial charge in [0.15, 0.2) is 0 Å². The van der Waals surface area contributed by atoms with Gasteiger partial charge in [0.1, 0.15) is 5.69 Å². The van der Waals surface area contributed by atoms with Crippen LogP contribution in [0.25, 0.3) is 27.9 Å². The van der Waals surface area contributed by atoms with E-state index in [1.165, 1.54) is 6.42 Å². The molecule has 0 atom stereocenters. The molecule has 4 rings (SSSR count). The summed E-state index contributed by atoms with van der Waals surface area (Å²) >= 11 is 0. The Morgan fingerprint density at radius 1 is 1.03 bits per heavy atom. The average Bonchev–Trinajstić information content (AvgIpc) is 2.83. The molecule has 0 saturated carbocycles. The number of amides is 1. The highest BCUT2D eigenvalue weighted by atomic mass is 16.2. The predicted molar refractivity (Wildman–Crippen MR) is 127 cm³/mol. The van der Waals surface area contributed by atoms with Gasteiger partial charge in [-0.1, -0.05) is 30.3 Å². The first-order valence-corrected chi connectivity index (χ1v) is 10.5. The van der Waals surface area contributed by atoms with E-state index in [1.54, 1.807) is 19.5 Å². The first-order chi connectivity index (χ1) is 15.2. The highest BCUT2D eigenvalue weighted by Crippen LogP contribution is 2.28. The summed E-state index contributed by atoms with van der Waals surface area (Å²) in [4.78, 5) is 32.8. The minimum atomic E-state index is 0.0516. The highest BCUT2D eigenvalue weighted by molar-refractivity contribution is 6.11. The number of aliphatic imine (C=N–C) groups is 2. The molecule has 2 aromatic carbocycles. The van der Waals surface area contributed by atoms with E-state index in [4.69, 9.17) is 9.97 Å². The Hall–Kier alpha value is -3.67. The second kappa shape index (κ2) is 9.43. The van der Waals surface area contributed by atoms with Crippen LogP contribution in [0, 0.1) is 0 Å². The molecule has 156 valence electrons. The van der Waals surface area contributed by atoms with Crippen LogP contribution >= 0.6 is 0 Å². The van der Waals surface area contributed by atoms with Crippen molar-refractivity contribution in [2.24, 2.45) is 9.98 Å². The molecule has 1 aliphatic rings. The standard InChI is InChI=1S/C25H25N5O/c1-26-16-20(17-27-2)24-23(18-9-5-3-6-10-18)28-21-12-11-19(15-22(21)29-24)25(31)30-13-7-4-8-14-30/h3,5-6,9-12,15-17H,1,4,7-8,13-14H2,2H3/b20-16+,27-17?. The molecular formula is C25H25N5O. The first kappa shape index (κ1) is 20.6. The second-order valence-electron chi connectivity index (χ2n) is 7.50. The van der Waals surface area contributed by atoms with Crippen LogP contribution in [-0.2, 0) is 0 Å². The molecule has 1 fully saturated rings. The third-order valence-corrected chi connectivity index (χ3v) is 5.37. The Kier molecular flexibility index (Phi) is 6.26. The van der Waals surface area contributed by atoms with Crippen LogP contribution in [0.1, 0.15) is 35.3 Å². The van der Waals surface area contributed by atoms with Gasteiger partial charge in [-0.2, -0.15) is 0 Å². The Balaban J connectivity index is 1.86.